The summed E-state index contributed by atoms with van der Waals surface area (Å²) < 4.78 is 5.86. The fourth-order valence-corrected chi connectivity index (χ4v) is 4.78. The predicted octanol–water partition coefficient (Wildman–Crippen LogP) is 5.11. The highest BCUT2D eigenvalue weighted by Crippen LogP contribution is 2.33. The van der Waals surface area contributed by atoms with Crippen molar-refractivity contribution in [3.05, 3.63) is 75.7 Å². The average molecular weight is 416 g/mol. The molecule has 1 aromatic carbocycles. The normalized spacial score (nSPS) is 22.6. The molecule has 3 aliphatic heterocycles. The van der Waals surface area contributed by atoms with Gasteiger partial charge in [-0.1, -0.05) is 25.1 Å². The largest absolute Gasteiger partial charge is 0.422 e. The van der Waals surface area contributed by atoms with Crippen LogP contribution < -0.4 is 5.63 Å². The molecule has 0 spiro atoms. The highest BCUT2D eigenvalue weighted by atomic mass is 16.4. The van der Waals surface area contributed by atoms with Gasteiger partial charge in [0.2, 0.25) is 0 Å². The van der Waals surface area contributed by atoms with Crippen molar-refractivity contribution in [1.82, 2.24) is 9.80 Å². The van der Waals surface area contributed by atoms with Crippen molar-refractivity contribution in [3.8, 4) is 0 Å². The van der Waals surface area contributed by atoms with Gasteiger partial charge in [0.25, 0.3) is 0 Å². The standard InChI is InChI=1S/C26H29N3O2/c1-17-4-7-22-14-27-18(2)15-29(22)16-24(17)23-12-21-6-5-20(13-25(21)31-26(23)30)19-8-10-28(3)11-9-19/h5-7,12-17,19H,4,8-11H2,1-3H3. The summed E-state index contributed by atoms with van der Waals surface area (Å²) in [4.78, 5) is 21.9. The molecule has 1 atom stereocenters. The first-order valence-corrected chi connectivity index (χ1v) is 11.2. The minimum atomic E-state index is -0.263. The first-order chi connectivity index (χ1) is 15.0. The molecule has 0 aliphatic carbocycles. The number of piperidine rings is 1. The van der Waals surface area contributed by atoms with E-state index in [4.69, 9.17) is 4.42 Å². The molecule has 0 amide bonds. The lowest BCUT2D eigenvalue weighted by atomic mass is 9.88. The van der Waals surface area contributed by atoms with Gasteiger partial charge in [0.1, 0.15) is 5.58 Å². The van der Waals surface area contributed by atoms with Gasteiger partial charge in [-0.2, -0.15) is 0 Å². The molecule has 4 heterocycles. The molecule has 1 aromatic heterocycles. The van der Waals surface area contributed by atoms with Gasteiger partial charge < -0.3 is 14.2 Å². The van der Waals surface area contributed by atoms with Crippen LogP contribution in [0.3, 0.4) is 0 Å². The fourth-order valence-electron chi connectivity index (χ4n) is 4.78. The van der Waals surface area contributed by atoms with E-state index in [-0.39, 0.29) is 11.5 Å². The zero-order chi connectivity index (χ0) is 21.5. The van der Waals surface area contributed by atoms with E-state index in [1.165, 1.54) is 5.56 Å². The molecule has 0 radical (unpaired) electrons. The third-order valence-corrected chi connectivity index (χ3v) is 6.78. The summed E-state index contributed by atoms with van der Waals surface area (Å²) >= 11 is 0. The van der Waals surface area contributed by atoms with Crippen molar-refractivity contribution in [1.29, 1.82) is 0 Å². The Bertz CT molecular complexity index is 1190. The van der Waals surface area contributed by atoms with Crippen LogP contribution in [0.1, 0.15) is 50.2 Å². The molecule has 2 aromatic rings. The number of hydrogen-bond donors (Lipinski definition) is 0. The minimum Gasteiger partial charge on any atom is -0.422 e. The minimum absolute atomic E-state index is 0.207. The van der Waals surface area contributed by atoms with Crippen LogP contribution in [0.25, 0.3) is 16.5 Å². The number of likely N-dealkylation sites (tertiary alicyclic amines) is 1. The van der Waals surface area contributed by atoms with Crippen LogP contribution in [0.15, 0.2) is 68.3 Å². The van der Waals surface area contributed by atoms with Crippen LogP contribution in [0.2, 0.25) is 0 Å². The Hall–Kier alpha value is -2.92. The molecule has 1 saturated heterocycles. The lowest BCUT2D eigenvalue weighted by Gasteiger charge is -2.29. The summed E-state index contributed by atoms with van der Waals surface area (Å²) in [5.74, 6) is 0.745. The molecule has 160 valence electrons. The molecule has 5 nitrogen and oxygen atoms in total. The van der Waals surface area contributed by atoms with Crippen molar-refractivity contribution in [2.45, 2.75) is 39.0 Å². The fraction of sp³-hybridized carbons (Fsp3) is 0.385. The zero-order valence-electron chi connectivity index (χ0n) is 18.5. The second kappa shape index (κ2) is 7.97. The Kier molecular flexibility index (Phi) is 5.14. The quantitative estimate of drug-likeness (QED) is 0.639. The van der Waals surface area contributed by atoms with E-state index in [0.29, 0.717) is 17.1 Å². The molecule has 0 saturated carbocycles. The van der Waals surface area contributed by atoms with Gasteiger partial charge in [0.05, 0.1) is 23.2 Å². The summed E-state index contributed by atoms with van der Waals surface area (Å²) in [5.41, 5.74) is 5.33. The van der Waals surface area contributed by atoms with Crippen LogP contribution >= 0.6 is 0 Å². The molecule has 1 fully saturated rings. The maximum absolute atomic E-state index is 13.1. The highest BCUT2D eigenvalue weighted by molar-refractivity contribution is 5.84. The summed E-state index contributed by atoms with van der Waals surface area (Å²) in [6, 6.07) is 8.40. The summed E-state index contributed by atoms with van der Waals surface area (Å²) in [6.07, 6.45) is 11.3. The Morgan fingerprint density at radius 1 is 1.13 bits per heavy atom. The topological polar surface area (TPSA) is 49.0 Å². The summed E-state index contributed by atoms with van der Waals surface area (Å²) in [7, 11) is 2.17. The first-order valence-electron chi connectivity index (χ1n) is 11.2. The zero-order valence-corrected chi connectivity index (χ0v) is 18.5. The van der Waals surface area contributed by atoms with E-state index in [0.717, 1.165) is 54.7 Å². The van der Waals surface area contributed by atoms with Crippen LogP contribution in [-0.2, 0) is 0 Å². The monoisotopic (exact) mass is 415 g/mol. The van der Waals surface area contributed by atoms with E-state index in [1.54, 1.807) is 0 Å². The lowest BCUT2D eigenvalue weighted by molar-refractivity contribution is 0.255. The average Bonchev–Trinajstić information content (AvgIpc) is 2.92. The molecule has 5 heteroatoms. The number of aliphatic imine (C=N–C) groups is 1. The third kappa shape index (κ3) is 3.90. The molecule has 0 bridgehead atoms. The van der Waals surface area contributed by atoms with Gasteiger partial charge in [0.15, 0.2) is 0 Å². The van der Waals surface area contributed by atoms with Crippen LogP contribution in [0.4, 0.5) is 0 Å². The lowest BCUT2D eigenvalue weighted by Crippen LogP contribution is -2.29. The van der Waals surface area contributed by atoms with Crippen LogP contribution in [0.5, 0.6) is 0 Å². The number of nitrogens with zero attached hydrogens (tertiary/aromatic N) is 3. The third-order valence-electron chi connectivity index (χ3n) is 6.78. The van der Waals surface area contributed by atoms with E-state index in [1.807, 2.05) is 25.4 Å². The highest BCUT2D eigenvalue weighted by Gasteiger charge is 2.23. The summed E-state index contributed by atoms with van der Waals surface area (Å²) in [5, 5.41) is 0.976. The number of benzene rings is 1. The Labute approximate surface area is 183 Å². The van der Waals surface area contributed by atoms with Crippen molar-refractivity contribution >= 4 is 22.8 Å². The SMILES string of the molecule is CC1=CN2C=C(c3cc4ccc(C5CCN(C)CC5)cc4oc3=O)C(C)CC=C2C=N1. The van der Waals surface area contributed by atoms with Crippen molar-refractivity contribution in [2.75, 3.05) is 20.1 Å². The molecule has 3 aliphatic rings. The van der Waals surface area contributed by atoms with Gasteiger partial charge in [0, 0.05) is 17.8 Å². The second-order valence-electron chi connectivity index (χ2n) is 9.11. The van der Waals surface area contributed by atoms with E-state index in [2.05, 4.69) is 59.2 Å². The van der Waals surface area contributed by atoms with Gasteiger partial charge in [-0.3, -0.25) is 4.99 Å². The second-order valence-corrected chi connectivity index (χ2v) is 9.11. The van der Waals surface area contributed by atoms with Crippen LogP contribution in [0, 0.1) is 5.92 Å². The maximum Gasteiger partial charge on any atom is 0.343 e. The van der Waals surface area contributed by atoms with E-state index < -0.39 is 0 Å². The molecule has 1 unspecified atom stereocenters. The maximum atomic E-state index is 13.1. The van der Waals surface area contributed by atoms with Gasteiger partial charge in [-0.05, 0) is 81.4 Å². The van der Waals surface area contributed by atoms with Crippen molar-refractivity contribution in [2.24, 2.45) is 10.9 Å². The van der Waals surface area contributed by atoms with Gasteiger partial charge >= 0.3 is 5.63 Å². The van der Waals surface area contributed by atoms with Crippen LogP contribution in [-0.4, -0.2) is 36.2 Å². The molecular weight excluding hydrogens is 386 g/mol. The number of fused-ring (bicyclic) bond motifs is 2. The predicted molar refractivity (Wildman–Crippen MR) is 126 cm³/mol. The Morgan fingerprint density at radius 3 is 2.74 bits per heavy atom. The van der Waals surface area contributed by atoms with Gasteiger partial charge in [-0.25, -0.2) is 4.79 Å². The first kappa shape index (κ1) is 20.0. The molecule has 5 rings (SSSR count). The molecule has 0 N–H and O–H groups in total. The number of allylic oxidation sites excluding steroid dienone is 4. The smallest absolute Gasteiger partial charge is 0.343 e. The van der Waals surface area contributed by atoms with Gasteiger partial charge in [-0.15, -0.1) is 0 Å². The number of hydrogen-bond acceptors (Lipinski definition) is 5. The Balaban J connectivity index is 1.52. The Morgan fingerprint density at radius 2 is 1.94 bits per heavy atom. The number of rotatable bonds is 2. The molecule has 31 heavy (non-hydrogen) atoms. The molecular formula is C26H29N3O2. The van der Waals surface area contributed by atoms with E-state index >= 15 is 0 Å². The van der Waals surface area contributed by atoms with Crippen molar-refractivity contribution in [3.63, 3.8) is 0 Å². The summed E-state index contributed by atoms with van der Waals surface area (Å²) in [6.45, 7) is 6.36. The van der Waals surface area contributed by atoms with E-state index in [9.17, 15) is 4.79 Å². The van der Waals surface area contributed by atoms with Crippen molar-refractivity contribution < 1.29 is 4.42 Å².